The molecule has 0 amide bonds. The second kappa shape index (κ2) is 15.1. The topological polar surface area (TPSA) is 16.4 Å². The molecule has 1 heterocycles. The number of para-hydroxylation sites is 1. The van der Waals surface area contributed by atoms with Crippen molar-refractivity contribution in [3.8, 4) is 55.6 Å². The van der Waals surface area contributed by atoms with E-state index in [-0.39, 0.29) is 5.41 Å². The Morgan fingerprint density at radius 1 is 0.311 bits per heavy atom. The van der Waals surface area contributed by atoms with Gasteiger partial charge in [0.1, 0.15) is 11.2 Å². The van der Waals surface area contributed by atoms with Crippen molar-refractivity contribution in [1.82, 2.24) is 0 Å². The summed E-state index contributed by atoms with van der Waals surface area (Å²) in [5, 5.41) is 7.35. The van der Waals surface area contributed by atoms with Crippen molar-refractivity contribution in [3.05, 3.63) is 282 Å². The molecular weight excluding hydrogens is 895 g/mol. The van der Waals surface area contributed by atoms with Gasteiger partial charge in [0.25, 0.3) is 0 Å². The van der Waals surface area contributed by atoms with E-state index in [0.29, 0.717) is 0 Å². The number of rotatable bonds is 5. The first kappa shape index (κ1) is 41.4. The summed E-state index contributed by atoms with van der Waals surface area (Å²) in [5.74, 6) is 0. The summed E-state index contributed by atoms with van der Waals surface area (Å²) in [5.41, 5.74) is 25.0. The summed E-state index contributed by atoms with van der Waals surface area (Å²) >= 11 is 0. The number of hydrogen-bond donors (Lipinski definition) is 0. The molecule has 346 valence electrons. The van der Waals surface area contributed by atoms with E-state index in [2.05, 4.69) is 255 Å². The molecule has 3 aliphatic carbocycles. The minimum absolute atomic E-state index is 0.170. The van der Waals surface area contributed by atoms with Crippen LogP contribution in [0.25, 0.3) is 99.1 Å². The Kier molecular flexibility index (Phi) is 8.47. The van der Waals surface area contributed by atoms with Gasteiger partial charge in [-0.15, -0.1) is 0 Å². The van der Waals surface area contributed by atoms with Gasteiger partial charge in [-0.25, -0.2) is 0 Å². The highest BCUT2D eigenvalue weighted by Gasteiger charge is 2.52. The normalized spacial score (nSPS) is 15.3. The molecule has 0 N–H and O–H groups in total. The van der Waals surface area contributed by atoms with Crippen LogP contribution in [-0.4, -0.2) is 0 Å². The molecular formula is C72H47NO. The van der Waals surface area contributed by atoms with E-state index in [1.165, 1.54) is 99.4 Å². The third-order valence-corrected chi connectivity index (χ3v) is 17.1. The maximum atomic E-state index is 6.24. The average molecular weight is 942 g/mol. The molecule has 0 fully saturated rings. The van der Waals surface area contributed by atoms with Crippen LogP contribution in [0, 0.1) is 0 Å². The van der Waals surface area contributed by atoms with Crippen LogP contribution in [0.2, 0.25) is 0 Å². The largest absolute Gasteiger partial charge is 0.456 e. The molecule has 0 bridgehead atoms. The van der Waals surface area contributed by atoms with Crippen LogP contribution >= 0.6 is 0 Å². The first-order valence-corrected chi connectivity index (χ1v) is 25.9. The lowest BCUT2D eigenvalue weighted by Crippen LogP contribution is -2.26. The van der Waals surface area contributed by atoms with Gasteiger partial charge in [0.15, 0.2) is 0 Å². The number of benzene rings is 12. The fourth-order valence-corrected chi connectivity index (χ4v) is 13.7. The highest BCUT2D eigenvalue weighted by atomic mass is 16.3. The quantitative estimate of drug-likeness (QED) is 0.160. The second-order valence-corrected chi connectivity index (χ2v) is 21.1. The molecule has 1 atom stereocenters. The van der Waals surface area contributed by atoms with Crippen molar-refractivity contribution in [2.75, 3.05) is 4.90 Å². The van der Waals surface area contributed by atoms with Crippen LogP contribution in [0.4, 0.5) is 17.1 Å². The van der Waals surface area contributed by atoms with E-state index in [1.54, 1.807) is 0 Å². The van der Waals surface area contributed by atoms with Gasteiger partial charge in [-0.1, -0.05) is 202 Å². The molecule has 74 heavy (non-hydrogen) atoms. The van der Waals surface area contributed by atoms with Gasteiger partial charge in [0.2, 0.25) is 0 Å². The number of fused-ring (bicyclic) bond motifs is 19. The predicted molar refractivity (Wildman–Crippen MR) is 308 cm³/mol. The molecule has 0 radical (unpaired) electrons. The molecule has 0 saturated carbocycles. The van der Waals surface area contributed by atoms with Crippen LogP contribution in [-0.2, 0) is 10.8 Å². The zero-order valence-electron chi connectivity index (χ0n) is 41.0. The standard InChI is InChI=1S/C72H47NO/c1-71(2)61-20-9-5-16-54(61)56-38-35-51(43-65(56)71)73(50-33-28-44(29-34-50)47-32-39-69-60(41-47)58-18-8-12-25-68(58)74-69)67-24-13-23-64-70(67)59-19-7-11-22-63(59)72(64)62-21-10-6-17-55(62)57-37-31-48(42-66(57)72)46-30-36-53-49(40-46)27-26-45-14-3-4-15-52(45)53/h3-43H,1-2H3. The van der Waals surface area contributed by atoms with Crippen molar-refractivity contribution in [2.24, 2.45) is 0 Å². The van der Waals surface area contributed by atoms with Gasteiger partial charge >= 0.3 is 0 Å². The fourth-order valence-electron chi connectivity index (χ4n) is 13.7. The summed E-state index contributed by atoms with van der Waals surface area (Å²) in [4.78, 5) is 2.53. The van der Waals surface area contributed by atoms with E-state index >= 15 is 0 Å². The van der Waals surface area contributed by atoms with Gasteiger partial charge in [-0.3, -0.25) is 0 Å². The van der Waals surface area contributed by atoms with Gasteiger partial charge in [-0.05, 0) is 166 Å². The molecule has 1 unspecified atom stereocenters. The summed E-state index contributed by atoms with van der Waals surface area (Å²) in [6.07, 6.45) is 0. The molecule has 3 aliphatic rings. The SMILES string of the molecule is CC1(C)c2ccccc2-c2ccc(N(c3ccc(-c4ccc5oc6ccccc6c5c4)cc3)c3cccc4c3-c3ccccc3C43c4ccccc4-c4ccc(-c5ccc6c(ccc7ccccc76)c5)cc43)cc21. The lowest BCUT2D eigenvalue weighted by Gasteiger charge is -2.32. The number of anilines is 3. The molecule has 2 nitrogen and oxygen atoms in total. The van der Waals surface area contributed by atoms with Gasteiger partial charge < -0.3 is 9.32 Å². The monoisotopic (exact) mass is 941 g/mol. The zero-order valence-corrected chi connectivity index (χ0v) is 41.0. The van der Waals surface area contributed by atoms with E-state index in [4.69, 9.17) is 4.42 Å². The minimum Gasteiger partial charge on any atom is -0.456 e. The molecule has 0 aliphatic heterocycles. The number of hydrogen-bond acceptors (Lipinski definition) is 2. The van der Waals surface area contributed by atoms with E-state index in [0.717, 1.165) is 50.1 Å². The van der Waals surface area contributed by atoms with Crippen molar-refractivity contribution >= 4 is 60.5 Å². The first-order chi connectivity index (χ1) is 36.4. The summed E-state index contributed by atoms with van der Waals surface area (Å²) < 4.78 is 6.24. The molecule has 1 aromatic heterocycles. The summed E-state index contributed by atoms with van der Waals surface area (Å²) in [7, 11) is 0. The third-order valence-electron chi connectivity index (χ3n) is 17.1. The Morgan fingerprint density at radius 3 is 1.72 bits per heavy atom. The highest BCUT2D eigenvalue weighted by Crippen LogP contribution is 2.65. The Bertz CT molecular complexity index is 4530. The van der Waals surface area contributed by atoms with Crippen LogP contribution in [0.1, 0.15) is 47.2 Å². The Hall–Kier alpha value is -9.24. The maximum Gasteiger partial charge on any atom is 0.135 e. The van der Waals surface area contributed by atoms with Crippen molar-refractivity contribution in [3.63, 3.8) is 0 Å². The fraction of sp³-hybridized carbons (Fsp3) is 0.0556. The van der Waals surface area contributed by atoms with Crippen LogP contribution in [0.15, 0.2) is 253 Å². The van der Waals surface area contributed by atoms with Crippen LogP contribution in [0.3, 0.4) is 0 Å². The van der Waals surface area contributed by atoms with Crippen LogP contribution in [0.5, 0.6) is 0 Å². The second-order valence-electron chi connectivity index (χ2n) is 21.1. The molecule has 16 rings (SSSR count). The Labute approximate surface area is 430 Å². The smallest absolute Gasteiger partial charge is 0.135 e. The van der Waals surface area contributed by atoms with Gasteiger partial charge in [0, 0.05) is 33.1 Å². The zero-order chi connectivity index (χ0) is 48.9. The van der Waals surface area contributed by atoms with Crippen molar-refractivity contribution in [1.29, 1.82) is 0 Å². The van der Waals surface area contributed by atoms with Crippen LogP contribution < -0.4 is 4.90 Å². The maximum absolute atomic E-state index is 6.24. The molecule has 1 spiro atoms. The molecule has 2 heteroatoms. The molecule has 13 aromatic rings. The first-order valence-electron chi connectivity index (χ1n) is 25.9. The van der Waals surface area contributed by atoms with E-state index < -0.39 is 5.41 Å². The van der Waals surface area contributed by atoms with E-state index in [9.17, 15) is 0 Å². The number of nitrogens with zero attached hydrogens (tertiary/aromatic N) is 1. The minimum atomic E-state index is -0.552. The Morgan fingerprint density at radius 2 is 0.865 bits per heavy atom. The number of furan rings is 1. The highest BCUT2D eigenvalue weighted by molar-refractivity contribution is 6.09. The van der Waals surface area contributed by atoms with Gasteiger partial charge in [0.05, 0.1) is 11.1 Å². The van der Waals surface area contributed by atoms with Gasteiger partial charge in [-0.2, -0.15) is 0 Å². The third kappa shape index (κ3) is 5.60. The van der Waals surface area contributed by atoms with Crippen molar-refractivity contribution < 1.29 is 4.42 Å². The van der Waals surface area contributed by atoms with E-state index in [1.807, 2.05) is 12.1 Å². The average Bonchev–Trinajstić information content (AvgIpc) is 4.27. The summed E-state index contributed by atoms with van der Waals surface area (Å²) in [6, 6.07) is 93.2. The summed E-state index contributed by atoms with van der Waals surface area (Å²) in [6.45, 7) is 4.76. The molecule has 0 saturated heterocycles. The lowest BCUT2D eigenvalue weighted by molar-refractivity contribution is 0.660. The predicted octanol–water partition coefficient (Wildman–Crippen LogP) is 19.3. The molecule has 12 aromatic carbocycles. The van der Waals surface area contributed by atoms with Crippen molar-refractivity contribution in [2.45, 2.75) is 24.7 Å². The Balaban J connectivity index is 0.905. The lowest BCUT2D eigenvalue weighted by atomic mass is 9.70.